The molecule has 7 heteroatoms. The van der Waals surface area contributed by atoms with Gasteiger partial charge in [-0.25, -0.2) is 0 Å². The maximum atomic E-state index is 12.5. The highest BCUT2D eigenvalue weighted by molar-refractivity contribution is 7.14. The Balaban J connectivity index is 2.23. The van der Waals surface area contributed by atoms with E-state index in [4.69, 9.17) is 5.73 Å². The first kappa shape index (κ1) is 15.2. The molecule has 2 heterocycles. The largest absolute Gasteiger partial charge is 0.320 e. The number of nitrogens with one attached hydrogen (secondary N) is 1. The minimum atomic E-state index is -0.615. The Morgan fingerprint density at radius 2 is 2.29 bits per heavy atom. The fourth-order valence-electron chi connectivity index (χ4n) is 2.09. The van der Waals surface area contributed by atoms with E-state index in [-0.39, 0.29) is 19.0 Å². The van der Waals surface area contributed by atoms with Gasteiger partial charge in [0.15, 0.2) is 0 Å². The number of nitrogens with two attached hydrogens (primary N) is 1. The Labute approximate surface area is 126 Å². The van der Waals surface area contributed by atoms with Crippen molar-refractivity contribution in [1.82, 2.24) is 10.2 Å². The molecular formula is C14H15N3O3S. The van der Waals surface area contributed by atoms with Crippen LogP contribution in [0.4, 0.5) is 0 Å². The SMILES string of the molecule is CCC1C(=O)NC(=O)CN1C(=O)c1ccc(C#CCN)s1. The predicted octanol–water partition coefficient (Wildman–Crippen LogP) is -0.0645. The Kier molecular flexibility index (Phi) is 4.73. The van der Waals surface area contributed by atoms with Crippen LogP contribution < -0.4 is 11.1 Å². The third-order valence-electron chi connectivity index (χ3n) is 3.03. The van der Waals surface area contributed by atoms with Crippen LogP contribution in [0.15, 0.2) is 12.1 Å². The normalized spacial score (nSPS) is 18.0. The van der Waals surface area contributed by atoms with E-state index in [0.717, 1.165) is 4.88 Å². The van der Waals surface area contributed by atoms with E-state index in [9.17, 15) is 14.4 Å². The van der Waals surface area contributed by atoms with Crippen molar-refractivity contribution in [1.29, 1.82) is 0 Å². The minimum Gasteiger partial charge on any atom is -0.320 e. The second-order valence-electron chi connectivity index (χ2n) is 4.44. The van der Waals surface area contributed by atoms with Crippen molar-refractivity contribution in [2.24, 2.45) is 5.73 Å². The standard InChI is InChI=1S/C14H15N3O3S/c1-2-10-13(19)16-12(18)8-17(10)14(20)11-6-5-9(21-11)4-3-7-15/h5-6,10H,2,7-8,15H2,1H3,(H,16,18,19). The topological polar surface area (TPSA) is 92.5 Å². The van der Waals surface area contributed by atoms with Gasteiger partial charge in [0.2, 0.25) is 11.8 Å². The van der Waals surface area contributed by atoms with Crippen LogP contribution in [0, 0.1) is 11.8 Å². The molecule has 21 heavy (non-hydrogen) atoms. The van der Waals surface area contributed by atoms with Crippen molar-refractivity contribution in [3.05, 3.63) is 21.9 Å². The maximum absolute atomic E-state index is 12.5. The molecule has 0 aliphatic carbocycles. The first-order valence-electron chi connectivity index (χ1n) is 6.50. The zero-order valence-corrected chi connectivity index (χ0v) is 12.3. The Morgan fingerprint density at radius 1 is 1.52 bits per heavy atom. The number of carbonyl (C=O) groups excluding carboxylic acids is 3. The number of thiophene rings is 1. The number of hydrogen-bond donors (Lipinski definition) is 2. The van der Waals surface area contributed by atoms with Crippen molar-refractivity contribution in [2.45, 2.75) is 19.4 Å². The second kappa shape index (κ2) is 6.52. The molecule has 2 rings (SSSR count). The van der Waals surface area contributed by atoms with Gasteiger partial charge >= 0.3 is 0 Å². The van der Waals surface area contributed by atoms with Crippen molar-refractivity contribution in [3.63, 3.8) is 0 Å². The van der Waals surface area contributed by atoms with Gasteiger partial charge in [-0.1, -0.05) is 18.8 Å². The summed E-state index contributed by atoms with van der Waals surface area (Å²) in [7, 11) is 0. The Hall–Kier alpha value is -2.17. The van der Waals surface area contributed by atoms with Crippen LogP contribution in [-0.2, 0) is 9.59 Å². The van der Waals surface area contributed by atoms with E-state index in [1.807, 2.05) is 0 Å². The molecule has 0 spiro atoms. The average molecular weight is 305 g/mol. The first-order valence-corrected chi connectivity index (χ1v) is 7.32. The van der Waals surface area contributed by atoms with Crippen LogP contribution in [0.2, 0.25) is 0 Å². The summed E-state index contributed by atoms with van der Waals surface area (Å²) in [5, 5.41) is 2.25. The zero-order chi connectivity index (χ0) is 15.4. The summed E-state index contributed by atoms with van der Waals surface area (Å²) < 4.78 is 0. The summed E-state index contributed by atoms with van der Waals surface area (Å²) in [6.45, 7) is 1.94. The van der Waals surface area contributed by atoms with E-state index in [2.05, 4.69) is 17.2 Å². The highest BCUT2D eigenvalue weighted by atomic mass is 32.1. The number of imide groups is 1. The van der Waals surface area contributed by atoms with Gasteiger partial charge < -0.3 is 10.6 Å². The van der Waals surface area contributed by atoms with Crippen molar-refractivity contribution in [3.8, 4) is 11.8 Å². The predicted molar refractivity (Wildman–Crippen MR) is 78.5 cm³/mol. The third kappa shape index (κ3) is 3.29. The fourth-order valence-corrected chi connectivity index (χ4v) is 2.92. The van der Waals surface area contributed by atoms with Gasteiger partial charge in [0.05, 0.1) is 16.3 Å². The maximum Gasteiger partial charge on any atom is 0.265 e. The van der Waals surface area contributed by atoms with Crippen molar-refractivity contribution >= 4 is 29.1 Å². The number of rotatable bonds is 2. The highest BCUT2D eigenvalue weighted by Crippen LogP contribution is 2.20. The van der Waals surface area contributed by atoms with Gasteiger partial charge in [-0.15, -0.1) is 11.3 Å². The lowest BCUT2D eigenvalue weighted by atomic mass is 10.1. The molecule has 3 amide bonds. The molecule has 6 nitrogen and oxygen atoms in total. The summed E-state index contributed by atoms with van der Waals surface area (Å²) >= 11 is 1.23. The smallest absolute Gasteiger partial charge is 0.265 e. The lowest BCUT2D eigenvalue weighted by molar-refractivity contribution is -0.138. The fraction of sp³-hybridized carbons (Fsp3) is 0.357. The summed E-state index contributed by atoms with van der Waals surface area (Å²) in [6.07, 6.45) is 0.454. The number of hydrogen-bond acceptors (Lipinski definition) is 5. The Bertz CT molecular complexity index is 641. The van der Waals surface area contributed by atoms with Gasteiger partial charge in [-0.2, -0.15) is 0 Å². The van der Waals surface area contributed by atoms with Crippen LogP contribution in [-0.4, -0.2) is 41.8 Å². The molecule has 1 atom stereocenters. The Morgan fingerprint density at radius 3 is 2.95 bits per heavy atom. The minimum absolute atomic E-state index is 0.106. The third-order valence-corrected chi connectivity index (χ3v) is 4.02. The highest BCUT2D eigenvalue weighted by Gasteiger charge is 2.36. The number of nitrogens with zero attached hydrogens (tertiary/aromatic N) is 1. The quantitative estimate of drug-likeness (QED) is 0.591. The zero-order valence-electron chi connectivity index (χ0n) is 11.5. The van der Waals surface area contributed by atoms with Crippen molar-refractivity contribution in [2.75, 3.05) is 13.1 Å². The van der Waals surface area contributed by atoms with Gasteiger partial charge in [0, 0.05) is 0 Å². The summed E-state index contributed by atoms with van der Waals surface area (Å²) in [6, 6.07) is 2.76. The summed E-state index contributed by atoms with van der Waals surface area (Å²) in [4.78, 5) is 38.2. The molecule has 0 saturated carbocycles. The lowest BCUT2D eigenvalue weighted by Crippen LogP contribution is -2.59. The molecule has 110 valence electrons. The van der Waals surface area contributed by atoms with Crippen LogP contribution in [0.3, 0.4) is 0 Å². The van der Waals surface area contributed by atoms with Crippen LogP contribution >= 0.6 is 11.3 Å². The van der Waals surface area contributed by atoms with E-state index < -0.39 is 17.9 Å². The molecular weight excluding hydrogens is 290 g/mol. The van der Waals surface area contributed by atoms with Crippen molar-refractivity contribution < 1.29 is 14.4 Å². The average Bonchev–Trinajstić information content (AvgIpc) is 2.92. The molecule has 1 saturated heterocycles. The van der Waals surface area contributed by atoms with Crippen LogP contribution in [0.25, 0.3) is 0 Å². The van der Waals surface area contributed by atoms with Crippen LogP contribution in [0.5, 0.6) is 0 Å². The lowest BCUT2D eigenvalue weighted by Gasteiger charge is -2.33. The summed E-state index contributed by atoms with van der Waals surface area (Å²) in [5.74, 6) is 4.35. The number of amides is 3. The molecule has 1 aliphatic heterocycles. The molecule has 1 fully saturated rings. The first-order chi connectivity index (χ1) is 10.1. The van der Waals surface area contributed by atoms with E-state index in [1.165, 1.54) is 16.2 Å². The number of carbonyl (C=O) groups is 3. The molecule has 1 aromatic rings. The van der Waals surface area contributed by atoms with Gasteiger partial charge in [0.1, 0.15) is 12.6 Å². The second-order valence-corrected chi connectivity index (χ2v) is 5.52. The molecule has 1 unspecified atom stereocenters. The molecule has 0 aromatic carbocycles. The van der Waals surface area contributed by atoms with E-state index in [1.54, 1.807) is 19.1 Å². The monoisotopic (exact) mass is 305 g/mol. The molecule has 1 aromatic heterocycles. The van der Waals surface area contributed by atoms with Gasteiger partial charge in [0.25, 0.3) is 5.91 Å². The van der Waals surface area contributed by atoms with E-state index >= 15 is 0 Å². The summed E-state index contributed by atoms with van der Waals surface area (Å²) in [5.41, 5.74) is 5.30. The number of piperazine rings is 1. The van der Waals surface area contributed by atoms with Crippen LogP contribution in [0.1, 0.15) is 27.9 Å². The molecule has 0 bridgehead atoms. The molecule has 3 N–H and O–H groups in total. The molecule has 1 aliphatic rings. The van der Waals surface area contributed by atoms with Gasteiger partial charge in [-0.3, -0.25) is 19.7 Å². The van der Waals surface area contributed by atoms with E-state index in [0.29, 0.717) is 11.3 Å². The van der Waals surface area contributed by atoms with Gasteiger partial charge in [-0.05, 0) is 18.6 Å². The molecule has 0 radical (unpaired) electrons.